The second-order valence-corrected chi connectivity index (χ2v) is 5.66. The first kappa shape index (κ1) is 15.9. The highest BCUT2D eigenvalue weighted by Gasteiger charge is 2.10. The van der Waals surface area contributed by atoms with Gasteiger partial charge in [-0.1, -0.05) is 53.5 Å². The summed E-state index contributed by atoms with van der Waals surface area (Å²) >= 11 is 11.8. The van der Waals surface area contributed by atoms with Gasteiger partial charge in [-0.25, -0.2) is 9.97 Å². The number of hydrogen-bond acceptors (Lipinski definition) is 4. The van der Waals surface area contributed by atoms with Crippen molar-refractivity contribution in [2.24, 2.45) is 0 Å². The van der Waals surface area contributed by atoms with E-state index in [1.165, 1.54) is 17.0 Å². The summed E-state index contributed by atoms with van der Waals surface area (Å²) in [6, 6.07) is 11.3. The summed E-state index contributed by atoms with van der Waals surface area (Å²) in [5.74, 6) is 0. The molecular formula is C16H13Cl2N3O2. The molecule has 118 valence electrons. The van der Waals surface area contributed by atoms with Gasteiger partial charge in [-0.15, -0.1) is 0 Å². The predicted molar refractivity (Wildman–Crippen MR) is 89.9 cm³/mol. The highest BCUT2D eigenvalue weighted by Crippen LogP contribution is 2.19. The van der Waals surface area contributed by atoms with Crippen molar-refractivity contribution in [1.82, 2.24) is 14.5 Å². The standard InChI is InChI=1S/C16H13Cl2N3O2/c17-13-8-12-14(15(18)20-13)19-10-21(16(12)22)6-7-23-9-11-4-2-1-3-5-11/h1-5,8,10H,6-7,9H2. The maximum absolute atomic E-state index is 12.4. The molecule has 0 unspecified atom stereocenters. The smallest absolute Gasteiger partial charge is 0.261 e. The minimum atomic E-state index is -0.218. The number of halogens is 2. The molecule has 0 saturated carbocycles. The van der Waals surface area contributed by atoms with Crippen LogP contribution < -0.4 is 5.56 Å². The van der Waals surface area contributed by atoms with Crippen molar-refractivity contribution in [3.05, 3.63) is 68.9 Å². The van der Waals surface area contributed by atoms with Gasteiger partial charge in [0.25, 0.3) is 5.56 Å². The first-order valence-electron chi connectivity index (χ1n) is 6.98. The number of rotatable bonds is 5. The number of benzene rings is 1. The van der Waals surface area contributed by atoms with Crippen molar-refractivity contribution < 1.29 is 4.74 Å². The van der Waals surface area contributed by atoms with Crippen molar-refractivity contribution >= 4 is 34.1 Å². The Morgan fingerprint density at radius 3 is 2.74 bits per heavy atom. The van der Waals surface area contributed by atoms with Gasteiger partial charge in [-0.3, -0.25) is 9.36 Å². The van der Waals surface area contributed by atoms with Crippen LogP contribution in [0.4, 0.5) is 0 Å². The minimum Gasteiger partial charge on any atom is -0.375 e. The summed E-state index contributed by atoms with van der Waals surface area (Å²) in [6.07, 6.45) is 1.44. The molecule has 0 bridgehead atoms. The fourth-order valence-corrected chi connectivity index (χ4v) is 2.66. The van der Waals surface area contributed by atoms with Gasteiger partial charge >= 0.3 is 0 Å². The Morgan fingerprint density at radius 1 is 1.17 bits per heavy atom. The zero-order valence-corrected chi connectivity index (χ0v) is 13.6. The molecule has 2 aromatic heterocycles. The molecule has 0 amide bonds. The van der Waals surface area contributed by atoms with Crippen molar-refractivity contribution in [3.63, 3.8) is 0 Å². The molecule has 0 aliphatic rings. The first-order valence-corrected chi connectivity index (χ1v) is 7.73. The number of fused-ring (bicyclic) bond motifs is 1. The van der Waals surface area contributed by atoms with E-state index in [9.17, 15) is 4.79 Å². The number of aromatic nitrogens is 3. The molecule has 0 spiro atoms. The largest absolute Gasteiger partial charge is 0.375 e. The molecular weight excluding hydrogens is 337 g/mol. The Labute approximate surface area is 142 Å². The lowest BCUT2D eigenvalue weighted by Gasteiger charge is -2.08. The molecule has 0 fully saturated rings. The third-order valence-corrected chi connectivity index (χ3v) is 3.78. The average Bonchev–Trinajstić information content (AvgIpc) is 2.55. The molecule has 1 aromatic carbocycles. The van der Waals surface area contributed by atoms with Gasteiger partial charge in [0, 0.05) is 0 Å². The quantitative estimate of drug-likeness (QED) is 0.523. The molecule has 3 aromatic rings. The van der Waals surface area contributed by atoms with E-state index in [-0.39, 0.29) is 15.9 Å². The second-order valence-electron chi connectivity index (χ2n) is 4.91. The lowest BCUT2D eigenvalue weighted by Crippen LogP contribution is -2.23. The third-order valence-electron chi connectivity index (χ3n) is 3.32. The van der Waals surface area contributed by atoms with E-state index in [1.54, 1.807) is 0 Å². The van der Waals surface area contributed by atoms with Gasteiger partial charge in [0.15, 0.2) is 5.15 Å². The van der Waals surface area contributed by atoms with E-state index >= 15 is 0 Å². The molecule has 0 radical (unpaired) electrons. The van der Waals surface area contributed by atoms with Gasteiger partial charge in [0.05, 0.1) is 31.5 Å². The minimum absolute atomic E-state index is 0.122. The fourth-order valence-electron chi connectivity index (χ4n) is 2.18. The van der Waals surface area contributed by atoms with Gasteiger partial charge in [0.2, 0.25) is 0 Å². The van der Waals surface area contributed by atoms with Crippen LogP contribution in [-0.2, 0) is 17.9 Å². The summed E-state index contributed by atoms with van der Waals surface area (Å²) in [5, 5.41) is 0.636. The molecule has 5 nitrogen and oxygen atoms in total. The van der Waals surface area contributed by atoms with E-state index in [1.807, 2.05) is 30.3 Å². The van der Waals surface area contributed by atoms with Gasteiger partial charge < -0.3 is 4.74 Å². The van der Waals surface area contributed by atoms with Gasteiger partial charge in [0.1, 0.15) is 10.7 Å². The summed E-state index contributed by atoms with van der Waals surface area (Å²) < 4.78 is 7.06. The van der Waals surface area contributed by atoms with Crippen LogP contribution >= 0.6 is 23.2 Å². The van der Waals surface area contributed by atoms with Crippen molar-refractivity contribution in [3.8, 4) is 0 Å². The molecule has 3 rings (SSSR count). The number of pyridine rings is 1. The Kier molecular flexibility index (Phi) is 4.91. The van der Waals surface area contributed by atoms with Crippen LogP contribution in [0.25, 0.3) is 10.9 Å². The van der Waals surface area contributed by atoms with E-state index in [0.29, 0.717) is 30.7 Å². The van der Waals surface area contributed by atoms with Gasteiger partial charge in [-0.2, -0.15) is 0 Å². The Hall–Kier alpha value is -1.95. The van der Waals surface area contributed by atoms with E-state index in [0.717, 1.165) is 5.56 Å². The molecule has 0 aliphatic heterocycles. The average molecular weight is 350 g/mol. The van der Waals surface area contributed by atoms with Crippen molar-refractivity contribution in [1.29, 1.82) is 0 Å². The van der Waals surface area contributed by atoms with Crippen LogP contribution in [0.3, 0.4) is 0 Å². The maximum Gasteiger partial charge on any atom is 0.261 e. The van der Waals surface area contributed by atoms with Crippen LogP contribution in [0.2, 0.25) is 10.3 Å². The first-order chi connectivity index (χ1) is 11.1. The molecule has 0 atom stereocenters. The number of ether oxygens (including phenoxy) is 1. The van der Waals surface area contributed by atoms with Crippen LogP contribution in [0, 0.1) is 0 Å². The fraction of sp³-hybridized carbons (Fsp3) is 0.188. The third kappa shape index (κ3) is 3.69. The summed E-state index contributed by atoms with van der Waals surface area (Å²) in [4.78, 5) is 20.5. The van der Waals surface area contributed by atoms with E-state index in [4.69, 9.17) is 27.9 Å². The molecule has 0 saturated heterocycles. The second kappa shape index (κ2) is 7.08. The number of hydrogen-bond donors (Lipinski definition) is 0. The van der Waals surface area contributed by atoms with Crippen LogP contribution in [0.1, 0.15) is 5.56 Å². The lowest BCUT2D eigenvalue weighted by atomic mass is 10.2. The van der Waals surface area contributed by atoms with Crippen molar-refractivity contribution in [2.75, 3.05) is 6.61 Å². The van der Waals surface area contributed by atoms with Crippen LogP contribution in [0.5, 0.6) is 0 Å². The monoisotopic (exact) mass is 349 g/mol. The Bertz CT molecular complexity index is 882. The highest BCUT2D eigenvalue weighted by atomic mass is 35.5. The molecule has 0 N–H and O–H groups in total. The predicted octanol–water partition coefficient (Wildman–Crippen LogP) is 3.32. The molecule has 2 heterocycles. The highest BCUT2D eigenvalue weighted by molar-refractivity contribution is 6.36. The van der Waals surface area contributed by atoms with E-state index < -0.39 is 0 Å². The number of nitrogens with zero attached hydrogens (tertiary/aromatic N) is 3. The topological polar surface area (TPSA) is 57.0 Å². The summed E-state index contributed by atoms with van der Waals surface area (Å²) in [6.45, 7) is 1.29. The SMILES string of the molecule is O=c1c2cc(Cl)nc(Cl)c2ncn1CCOCc1ccccc1. The maximum atomic E-state index is 12.4. The zero-order valence-electron chi connectivity index (χ0n) is 12.1. The van der Waals surface area contributed by atoms with Gasteiger partial charge in [-0.05, 0) is 11.6 Å². The Morgan fingerprint density at radius 2 is 1.96 bits per heavy atom. The van der Waals surface area contributed by atoms with Crippen LogP contribution in [-0.4, -0.2) is 21.1 Å². The zero-order chi connectivity index (χ0) is 16.2. The Balaban J connectivity index is 1.71. The molecule has 0 aliphatic carbocycles. The molecule has 7 heteroatoms. The van der Waals surface area contributed by atoms with Crippen LogP contribution in [0.15, 0.2) is 47.5 Å². The lowest BCUT2D eigenvalue weighted by molar-refractivity contribution is 0.112. The summed E-state index contributed by atoms with van der Waals surface area (Å²) in [7, 11) is 0. The normalized spacial score (nSPS) is 11.0. The van der Waals surface area contributed by atoms with E-state index in [2.05, 4.69) is 9.97 Å². The summed E-state index contributed by atoms with van der Waals surface area (Å²) in [5.41, 5.74) is 1.22. The van der Waals surface area contributed by atoms with Crippen molar-refractivity contribution in [2.45, 2.75) is 13.2 Å². The molecule has 23 heavy (non-hydrogen) atoms.